The molecule has 2 aromatic rings. The number of amides is 2. The van der Waals surface area contributed by atoms with Gasteiger partial charge in [-0.2, -0.15) is 0 Å². The highest BCUT2D eigenvalue weighted by Gasteiger charge is 2.29. The Labute approximate surface area is 135 Å². The summed E-state index contributed by atoms with van der Waals surface area (Å²) in [5.74, 6) is 0.0623. The molecule has 0 radical (unpaired) electrons. The second kappa shape index (κ2) is 6.65. The van der Waals surface area contributed by atoms with E-state index >= 15 is 0 Å². The monoisotopic (exact) mass is 308 g/mol. The Morgan fingerprint density at radius 3 is 2.26 bits per heavy atom. The van der Waals surface area contributed by atoms with Crippen LogP contribution >= 0.6 is 0 Å². The van der Waals surface area contributed by atoms with E-state index in [1.807, 2.05) is 42.5 Å². The summed E-state index contributed by atoms with van der Waals surface area (Å²) in [5.41, 5.74) is 3.20. The topological polar surface area (TPSA) is 58.2 Å². The molecule has 0 spiro atoms. The van der Waals surface area contributed by atoms with Gasteiger partial charge in [-0.3, -0.25) is 9.59 Å². The highest BCUT2D eigenvalue weighted by Crippen LogP contribution is 2.30. The summed E-state index contributed by atoms with van der Waals surface area (Å²) in [6.45, 7) is 2.08. The number of anilines is 2. The van der Waals surface area contributed by atoms with Gasteiger partial charge in [0.1, 0.15) is 0 Å². The molecule has 23 heavy (non-hydrogen) atoms. The Balaban J connectivity index is 1.66. The third-order valence-corrected chi connectivity index (χ3v) is 3.96. The maximum atomic E-state index is 12.3. The number of hydrogen-bond donors (Lipinski definition) is 2. The van der Waals surface area contributed by atoms with Gasteiger partial charge in [0.25, 0.3) is 5.91 Å². The van der Waals surface area contributed by atoms with Crippen molar-refractivity contribution in [1.29, 1.82) is 0 Å². The molecule has 3 rings (SSSR count). The SMILES string of the molecule is CCc1ccc(C(=O)Nc2cccc(NC(=O)C3CC3)c2)cc1. The first kappa shape index (κ1) is 15.3. The van der Waals surface area contributed by atoms with E-state index in [1.54, 1.807) is 6.07 Å². The van der Waals surface area contributed by atoms with E-state index in [0.29, 0.717) is 16.9 Å². The van der Waals surface area contributed by atoms with E-state index < -0.39 is 0 Å². The average Bonchev–Trinajstić information content (AvgIpc) is 3.40. The summed E-state index contributed by atoms with van der Waals surface area (Å²) in [6.07, 6.45) is 2.89. The molecule has 118 valence electrons. The van der Waals surface area contributed by atoms with Crippen LogP contribution < -0.4 is 10.6 Å². The summed E-state index contributed by atoms with van der Waals surface area (Å²) >= 11 is 0. The maximum Gasteiger partial charge on any atom is 0.255 e. The lowest BCUT2D eigenvalue weighted by Gasteiger charge is -2.09. The number of benzene rings is 2. The van der Waals surface area contributed by atoms with Crippen molar-refractivity contribution in [3.8, 4) is 0 Å². The van der Waals surface area contributed by atoms with Crippen LogP contribution in [0.1, 0.15) is 35.7 Å². The molecule has 0 atom stereocenters. The average molecular weight is 308 g/mol. The molecule has 0 aliphatic heterocycles. The van der Waals surface area contributed by atoms with Crippen molar-refractivity contribution in [2.45, 2.75) is 26.2 Å². The van der Waals surface area contributed by atoms with Gasteiger partial charge in [0, 0.05) is 22.9 Å². The van der Waals surface area contributed by atoms with Gasteiger partial charge in [0.2, 0.25) is 5.91 Å². The van der Waals surface area contributed by atoms with Gasteiger partial charge in [0.15, 0.2) is 0 Å². The minimum absolute atomic E-state index is 0.0589. The van der Waals surface area contributed by atoms with Gasteiger partial charge in [-0.05, 0) is 55.2 Å². The van der Waals surface area contributed by atoms with Crippen LogP contribution in [0.2, 0.25) is 0 Å². The lowest BCUT2D eigenvalue weighted by atomic mass is 10.1. The lowest BCUT2D eigenvalue weighted by molar-refractivity contribution is -0.117. The van der Waals surface area contributed by atoms with Crippen molar-refractivity contribution in [3.05, 3.63) is 59.7 Å². The van der Waals surface area contributed by atoms with Gasteiger partial charge < -0.3 is 10.6 Å². The van der Waals surface area contributed by atoms with Crippen LogP contribution in [0.25, 0.3) is 0 Å². The molecule has 1 fully saturated rings. The van der Waals surface area contributed by atoms with Crippen molar-refractivity contribution >= 4 is 23.2 Å². The summed E-state index contributed by atoms with van der Waals surface area (Å²) in [5, 5.41) is 5.75. The molecule has 0 saturated heterocycles. The minimum Gasteiger partial charge on any atom is -0.326 e. The van der Waals surface area contributed by atoms with E-state index in [1.165, 1.54) is 5.56 Å². The second-order valence-corrected chi connectivity index (χ2v) is 5.85. The van der Waals surface area contributed by atoms with Crippen LogP contribution in [0.15, 0.2) is 48.5 Å². The minimum atomic E-state index is -0.154. The molecule has 4 heteroatoms. The van der Waals surface area contributed by atoms with Crippen molar-refractivity contribution in [2.75, 3.05) is 10.6 Å². The number of aryl methyl sites for hydroxylation is 1. The van der Waals surface area contributed by atoms with Crippen molar-refractivity contribution < 1.29 is 9.59 Å². The van der Waals surface area contributed by atoms with Crippen LogP contribution in [-0.2, 0) is 11.2 Å². The number of carbonyl (C=O) groups excluding carboxylic acids is 2. The summed E-state index contributed by atoms with van der Waals surface area (Å²) in [4.78, 5) is 24.1. The van der Waals surface area contributed by atoms with Crippen LogP contribution in [0, 0.1) is 5.92 Å². The number of rotatable bonds is 5. The third-order valence-electron chi connectivity index (χ3n) is 3.96. The number of nitrogens with one attached hydrogen (secondary N) is 2. The predicted octanol–water partition coefficient (Wildman–Crippen LogP) is 3.85. The molecule has 4 nitrogen and oxygen atoms in total. The van der Waals surface area contributed by atoms with Gasteiger partial charge in [-0.15, -0.1) is 0 Å². The third kappa shape index (κ3) is 3.97. The lowest BCUT2D eigenvalue weighted by Crippen LogP contribution is -2.14. The quantitative estimate of drug-likeness (QED) is 0.881. The Morgan fingerprint density at radius 2 is 1.65 bits per heavy atom. The molecule has 1 aliphatic rings. The number of carbonyl (C=O) groups is 2. The van der Waals surface area contributed by atoms with Gasteiger partial charge in [-0.25, -0.2) is 0 Å². The van der Waals surface area contributed by atoms with Gasteiger partial charge in [-0.1, -0.05) is 25.1 Å². The molecule has 0 bridgehead atoms. The van der Waals surface area contributed by atoms with Crippen LogP contribution in [0.3, 0.4) is 0 Å². The first-order valence-electron chi connectivity index (χ1n) is 7.97. The first-order valence-corrected chi connectivity index (χ1v) is 7.97. The maximum absolute atomic E-state index is 12.3. The zero-order valence-electron chi connectivity index (χ0n) is 13.1. The fraction of sp³-hybridized carbons (Fsp3) is 0.263. The molecule has 1 saturated carbocycles. The Bertz CT molecular complexity index is 718. The Kier molecular flexibility index (Phi) is 4.42. The summed E-state index contributed by atoms with van der Waals surface area (Å²) < 4.78 is 0. The predicted molar refractivity (Wildman–Crippen MR) is 91.6 cm³/mol. The normalized spacial score (nSPS) is 13.4. The van der Waals surface area contributed by atoms with E-state index in [-0.39, 0.29) is 17.7 Å². The van der Waals surface area contributed by atoms with Crippen molar-refractivity contribution in [3.63, 3.8) is 0 Å². The molecule has 2 amide bonds. The first-order chi connectivity index (χ1) is 11.2. The molecular weight excluding hydrogens is 288 g/mol. The van der Waals surface area contributed by atoms with E-state index in [9.17, 15) is 9.59 Å². The van der Waals surface area contributed by atoms with E-state index in [2.05, 4.69) is 17.6 Å². The molecule has 0 unspecified atom stereocenters. The van der Waals surface area contributed by atoms with Crippen LogP contribution in [0.4, 0.5) is 11.4 Å². The fourth-order valence-electron chi connectivity index (χ4n) is 2.36. The van der Waals surface area contributed by atoms with E-state index in [0.717, 1.165) is 19.3 Å². The van der Waals surface area contributed by atoms with Gasteiger partial charge >= 0.3 is 0 Å². The zero-order chi connectivity index (χ0) is 16.2. The highest BCUT2D eigenvalue weighted by molar-refractivity contribution is 6.04. The highest BCUT2D eigenvalue weighted by atomic mass is 16.2. The van der Waals surface area contributed by atoms with Crippen LogP contribution in [-0.4, -0.2) is 11.8 Å². The summed E-state index contributed by atoms with van der Waals surface area (Å²) in [6, 6.07) is 14.8. The number of hydrogen-bond acceptors (Lipinski definition) is 2. The van der Waals surface area contributed by atoms with E-state index in [4.69, 9.17) is 0 Å². The molecule has 1 aliphatic carbocycles. The smallest absolute Gasteiger partial charge is 0.255 e. The largest absolute Gasteiger partial charge is 0.326 e. The van der Waals surface area contributed by atoms with Gasteiger partial charge in [0.05, 0.1) is 0 Å². The summed E-state index contributed by atoms with van der Waals surface area (Å²) in [7, 11) is 0. The van der Waals surface area contributed by atoms with Crippen molar-refractivity contribution in [1.82, 2.24) is 0 Å². The molecule has 2 N–H and O–H groups in total. The molecule has 0 heterocycles. The fourth-order valence-corrected chi connectivity index (χ4v) is 2.36. The molecule has 2 aromatic carbocycles. The Morgan fingerprint density at radius 1 is 1.00 bits per heavy atom. The zero-order valence-corrected chi connectivity index (χ0v) is 13.1. The molecule has 0 aromatic heterocycles. The standard InChI is InChI=1S/C19H20N2O2/c1-2-13-6-8-14(9-7-13)18(22)20-16-4-3-5-17(12-16)21-19(23)15-10-11-15/h3-9,12,15H,2,10-11H2,1H3,(H,20,22)(H,21,23). The Hall–Kier alpha value is -2.62. The van der Waals surface area contributed by atoms with Crippen molar-refractivity contribution in [2.24, 2.45) is 5.92 Å². The second-order valence-electron chi connectivity index (χ2n) is 5.85. The van der Waals surface area contributed by atoms with Crippen LogP contribution in [0.5, 0.6) is 0 Å². The molecular formula is C19H20N2O2.